The molecule has 1 aromatic carbocycles. The van der Waals surface area contributed by atoms with Crippen LogP contribution in [0.1, 0.15) is 11.1 Å². The minimum absolute atomic E-state index is 0.337. The van der Waals surface area contributed by atoms with Crippen molar-refractivity contribution in [1.29, 1.82) is 0 Å². The molecule has 0 atom stereocenters. The van der Waals surface area contributed by atoms with E-state index in [1.807, 2.05) is 0 Å². The number of nitrogens with zero attached hydrogens (tertiary/aromatic N) is 1. The van der Waals surface area contributed by atoms with Gasteiger partial charge in [-0.2, -0.15) is 18.3 Å². The Kier molecular flexibility index (Phi) is 3.70. The van der Waals surface area contributed by atoms with Crippen molar-refractivity contribution in [1.82, 2.24) is 10.2 Å². The fraction of sp³-hybridized carbons (Fsp3) is 0.182. The summed E-state index contributed by atoms with van der Waals surface area (Å²) >= 11 is 3.11. The third-order valence-electron chi connectivity index (χ3n) is 2.52. The number of aromatic amines is 1. The van der Waals surface area contributed by atoms with Crippen molar-refractivity contribution in [2.45, 2.75) is 12.7 Å². The Hall–Kier alpha value is -1.70. The molecule has 4 N–H and O–H groups in total. The number of nitrogens with two attached hydrogens (primary N) is 1. The second-order valence-electron chi connectivity index (χ2n) is 3.85. The molecule has 0 aliphatic heterocycles. The molecule has 0 fully saturated rings. The molecule has 0 aliphatic carbocycles. The summed E-state index contributed by atoms with van der Waals surface area (Å²) < 4.78 is 37.8. The smallest absolute Gasteiger partial charge is 0.384 e. The minimum Gasteiger partial charge on any atom is -0.384 e. The molecule has 0 amide bonds. The number of aromatic nitrogens is 2. The van der Waals surface area contributed by atoms with E-state index in [1.54, 1.807) is 6.20 Å². The van der Waals surface area contributed by atoms with E-state index in [4.69, 9.17) is 5.73 Å². The van der Waals surface area contributed by atoms with E-state index >= 15 is 0 Å². The van der Waals surface area contributed by atoms with Crippen molar-refractivity contribution in [2.24, 2.45) is 0 Å². The van der Waals surface area contributed by atoms with Gasteiger partial charge in [0.2, 0.25) is 0 Å². The van der Waals surface area contributed by atoms with Gasteiger partial charge in [-0.3, -0.25) is 5.10 Å². The maximum Gasteiger partial charge on any atom is 0.416 e. The minimum atomic E-state index is -4.35. The first-order valence-electron chi connectivity index (χ1n) is 5.26. The van der Waals surface area contributed by atoms with Crippen molar-refractivity contribution < 1.29 is 13.2 Å². The van der Waals surface area contributed by atoms with E-state index in [0.29, 0.717) is 22.5 Å². The second-order valence-corrected chi connectivity index (χ2v) is 4.71. The fourth-order valence-electron chi connectivity index (χ4n) is 1.49. The first kappa shape index (κ1) is 13.7. The van der Waals surface area contributed by atoms with Gasteiger partial charge in [-0.15, -0.1) is 0 Å². The Morgan fingerprint density at radius 1 is 1.37 bits per heavy atom. The lowest BCUT2D eigenvalue weighted by molar-refractivity contribution is -0.137. The summed E-state index contributed by atoms with van der Waals surface area (Å²) in [6, 6.07) is 3.41. The zero-order valence-corrected chi connectivity index (χ0v) is 11.1. The number of benzene rings is 1. The van der Waals surface area contributed by atoms with Crippen molar-refractivity contribution in [3.63, 3.8) is 0 Å². The van der Waals surface area contributed by atoms with Crippen LogP contribution in [0.25, 0.3) is 0 Å². The summed E-state index contributed by atoms with van der Waals surface area (Å²) in [6.07, 6.45) is -2.80. The standard InChI is InChI=1S/C11H10BrF3N4/c12-8-3-7(11(13,14)15)1-2-9(8)17-4-6-5-18-19-10(6)16/h1-3,5,17H,4H2,(H3,16,18,19). The van der Waals surface area contributed by atoms with E-state index in [2.05, 4.69) is 31.4 Å². The number of rotatable bonds is 3. The fourth-order valence-corrected chi connectivity index (χ4v) is 2.01. The van der Waals surface area contributed by atoms with Crippen LogP contribution in [0, 0.1) is 0 Å². The molecule has 0 saturated heterocycles. The zero-order valence-electron chi connectivity index (χ0n) is 9.55. The molecule has 0 radical (unpaired) electrons. The lowest BCUT2D eigenvalue weighted by Crippen LogP contribution is -2.06. The maximum atomic E-state index is 12.5. The molecule has 0 bridgehead atoms. The Morgan fingerprint density at radius 2 is 2.11 bits per heavy atom. The van der Waals surface area contributed by atoms with Crippen LogP contribution in [-0.4, -0.2) is 10.2 Å². The average Bonchev–Trinajstić information content (AvgIpc) is 2.72. The van der Waals surface area contributed by atoms with Crippen LogP contribution in [0.4, 0.5) is 24.7 Å². The van der Waals surface area contributed by atoms with Crippen molar-refractivity contribution in [3.05, 3.63) is 40.0 Å². The summed E-state index contributed by atoms with van der Waals surface area (Å²) in [5, 5.41) is 9.31. The van der Waals surface area contributed by atoms with Crippen LogP contribution in [0.5, 0.6) is 0 Å². The van der Waals surface area contributed by atoms with Crippen LogP contribution < -0.4 is 11.1 Å². The van der Waals surface area contributed by atoms with E-state index < -0.39 is 11.7 Å². The van der Waals surface area contributed by atoms with Crippen LogP contribution in [0.3, 0.4) is 0 Å². The molecule has 0 saturated carbocycles. The van der Waals surface area contributed by atoms with E-state index in [0.717, 1.165) is 17.7 Å². The number of hydrogen-bond donors (Lipinski definition) is 3. The molecule has 8 heteroatoms. The van der Waals surface area contributed by atoms with Gasteiger partial charge >= 0.3 is 6.18 Å². The normalized spacial score (nSPS) is 11.6. The van der Waals surface area contributed by atoms with E-state index in [-0.39, 0.29) is 0 Å². The summed E-state index contributed by atoms with van der Waals surface area (Å²) in [4.78, 5) is 0. The van der Waals surface area contributed by atoms with Crippen LogP contribution in [0.15, 0.2) is 28.9 Å². The quantitative estimate of drug-likeness (QED) is 0.806. The summed E-state index contributed by atoms with van der Waals surface area (Å²) in [5.74, 6) is 0.426. The summed E-state index contributed by atoms with van der Waals surface area (Å²) in [6.45, 7) is 0.367. The van der Waals surface area contributed by atoms with Gasteiger partial charge in [0, 0.05) is 22.3 Å². The first-order valence-corrected chi connectivity index (χ1v) is 6.05. The first-order chi connectivity index (χ1) is 8.88. The molecule has 0 aliphatic rings. The lowest BCUT2D eigenvalue weighted by atomic mass is 10.2. The number of anilines is 2. The molecule has 0 unspecified atom stereocenters. The highest BCUT2D eigenvalue weighted by Gasteiger charge is 2.30. The number of halogens is 4. The van der Waals surface area contributed by atoms with Crippen molar-refractivity contribution >= 4 is 27.4 Å². The largest absolute Gasteiger partial charge is 0.416 e. The number of alkyl halides is 3. The molecular formula is C11H10BrF3N4. The van der Waals surface area contributed by atoms with Crippen molar-refractivity contribution in [3.8, 4) is 0 Å². The number of H-pyrrole nitrogens is 1. The predicted molar refractivity (Wildman–Crippen MR) is 69.5 cm³/mol. The Morgan fingerprint density at radius 3 is 2.63 bits per heavy atom. The molecule has 1 aromatic heterocycles. The number of hydrogen-bond acceptors (Lipinski definition) is 3. The average molecular weight is 335 g/mol. The van der Waals surface area contributed by atoms with Crippen molar-refractivity contribution in [2.75, 3.05) is 11.1 Å². The maximum absolute atomic E-state index is 12.5. The zero-order chi connectivity index (χ0) is 14.0. The molecule has 1 heterocycles. The molecular weight excluding hydrogens is 325 g/mol. The Labute approximate surface area is 115 Å². The van der Waals surface area contributed by atoms with E-state index in [9.17, 15) is 13.2 Å². The third-order valence-corrected chi connectivity index (χ3v) is 3.17. The molecule has 102 valence electrons. The van der Waals surface area contributed by atoms with Gasteiger partial charge in [-0.25, -0.2) is 0 Å². The molecule has 4 nitrogen and oxygen atoms in total. The Bertz CT molecular complexity index is 580. The SMILES string of the molecule is Nc1[nH]ncc1CNc1ccc(C(F)(F)F)cc1Br. The highest BCUT2D eigenvalue weighted by Crippen LogP contribution is 2.34. The van der Waals surface area contributed by atoms with Crippen LogP contribution >= 0.6 is 15.9 Å². The summed E-state index contributed by atoms with van der Waals surface area (Å²) in [7, 11) is 0. The molecule has 2 aromatic rings. The highest BCUT2D eigenvalue weighted by molar-refractivity contribution is 9.10. The Balaban J connectivity index is 2.12. The van der Waals surface area contributed by atoms with Gasteiger partial charge in [0.25, 0.3) is 0 Å². The molecule has 2 rings (SSSR count). The van der Waals surface area contributed by atoms with Gasteiger partial charge in [0.15, 0.2) is 0 Å². The summed E-state index contributed by atoms with van der Waals surface area (Å²) in [5.41, 5.74) is 6.20. The van der Waals surface area contributed by atoms with Gasteiger partial charge < -0.3 is 11.1 Å². The van der Waals surface area contributed by atoms with Crippen LogP contribution in [0.2, 0.25) is 0 Å². The second kappa shape index (κ2) is 5.12. The topological polar surface area (TPSA) is 66.7 Å². The lowest BCUT2D eigenvalue weighted by Gasteiger charge is -2.11. The molecule has 19 heavy (non-hydrogen) atoms. The van der Waals surface area contributed by atoms with Crippen LogP contribution in [-0.2, 0) is 12.7 Å². The number of nitrogen functional groups attached to an aromatic ring is 1. The van der Waals surface area contributed by atoms with Gasteiger partial charge in [0.1, 0.15) is 5.82 Å². The predicted octanol–water partition coefficient (Wildman–Crippen LogP) is 3.39. The number of nitrogens with one attached hydrogen (secondary N) is 2. The molecule has 0 spiro atoms. The highest BCUT2D eigenvalue weighted by atomic mass is 79.9. The van der Waals surface area contributed by atoms with E-state index in [1.165, 1.54) is 6.07 Å². The van der Waals surface area contributed by atoms with Gasteiger partial charge in [-0.05, 0) is 34.1 Å². The van der Waals surface area contributed by atoms with Gasteiger partial charge in [-0.1, -0.05) is 0 Å². The monoisotopic (exact) mass is 334 g/mol. The third kappa shape index (κ3) is 3.19. The van der Waals surface area contributed by atoms with Gasteiger partial charge in [0.05, 0.1) is 11.8 Å².